The number of carbonyl (C=O) groups excluding carboxylic acids is 1. The lowest BCUT2D eigenvalue weighted by atomic mass is 10.1. The van der Waals surface area contributed by atoms with E-state index < -0.39 is 5.60 Å². The van der Waals surface area contributed by atoms with Crippen LogP contribution in [-0.2, 0) is 10.2 Å². The van der Waals surface area contributed by atoms with Crippen LogP contribution in [0, 0.1) is 0 Å². The van der Waals surface area contributed by atoms with Crippen LogP contribution in [0.15, 0.2) is 4.52 Å². The molecule has 0 aromatic carbocycles. The quantitative estimate of drug-likeness (QED) is 0.779. The van der Waals surface area contributed by atoms with Gasteiger partial charge in [-0.2, -0.15) is 4.98 Å². The van der Waals surface area contributed by atoms with E-state index in [1.165, 1.54) is 0 Å². The van der Waals surface area contributed by atoms with Gasteiger partial charge in [0, 0.05) is 38.8 Å². The van der Waals surface area contributed by atoms with E-state index in [0.29, 0.717) is 18.6 Å². The summed E-state index contributed by atoms with van der Waals surface area (Å²) >= 11 is 0. The van der Waals surface area contributed by atoms with E-state index >= 15 is 0 Å². The third-order valence-electron chi connectivity index (χ3n) is 5.61. The largest absolute Gasteiger partial charge is 0.444 e. The maximum absolute atomic E-state index is 12.7. The molecule has 2 heterocycles. The Bertz CT molecular complexity index is 682. The van der Waals surface area contributed by atoms with Gasteiger partial charge in [0.1, 0.15) is 5.60 Å². The van der Waals surface area contributed by atoms with Gasteiger partial charge in [-0.05, 0) is 53.5 Å². The highest BCUT2D eigenvalue weighted by Crippen LogP contribution is 2.49. The highest BCUT2D eigenvalue weighted by Gasteiger charge is 2.53. The molecule has 1 aromatic heterocycles. The van der Waals surface area contributed by atoms with Crippen molar-refractivity contribution in [3.8, 4) is 0 Å². The van der Waals surface area contributed by atoms with Crippen molar-refractivity contribution in [1.29, 1.82) is 0 Å². The monoisotopic (exact) mass is 377 g/mol. The number of hydrogen-bond acceptors (Lipinski definition) is 7. The SMILES string of the molecule is CN1CCN(c2nc(C3(CN(C(=O)OC(C)(C)C)C4CC4)CC3)no2)CC1. The minimum atomic E-state index is -0.484. The number of piperazine rings is 1. The maximum atomic E-state index is 12.7. The van der Waals surface area contributed by atoms with Gasteiger partial charge in [-0.15, -0.1) is 0 Å². The number of ether oxygens (including phenoxy) is 1. The maximum Gasteiger partial charge on any atom is 0.410 e. The molecule has 1 saturated heterocycles. The first-order valence-electron chi connectivity index (χ1n) is 10.0. The average molecular weight is 377 g/mol. The van der Waals surface area contributed by atoms with Crippen LogP contribution in [0.25, 0.3) is 0 Å². The second-order valence-corrected chi connectivity index (χ2v) is 9.31. The van der Waals surface area contributed by atoms with Crippen molar-refractivity contribution in [2.75, 3.05) is 44.7 Å². The molecule has 0 bridgehead atoms. The Morgan fingerprint density at radius 3 is 2.48 bits per heavy atom. The molecule has 3 fully saturated rings. The van der Waals surface area contributed by atoms with E-state index in [0.717, 1.165) is 57.7 Å². The molecule has 3 aliphatic rings. The van der Waals surface area contributed by atoms with E-state index in [1.807, 2.05) is 25.7 Å². The molecule has 27 heavy (non-hydrogen) atoms. The minimum absolute atomic E-state index is 0.173. The zero-order valence-corrected chi connectivity index (χ0v) is 16.9. The second kappa shape index (κ2) is 6.65. The molecule has 1 aromatic rings. The summed E-state index contributed by atoms with van der Waals surface area (Å²) in [6.45, 7) is 10.1. The number of carbonyl (C=O) groups is 1. The Kier molecular flexibility index (Phi) is 4.56. The predicted octanol–water partition coefficient (Wildman–Crippen LogP) is 2.25. The number of likely N-dealkylation sites (N-methyl/N-ethyl adjacent to an activating group) is 1. The fourth-order valence-electron chi connectivity index (χ4n) is 3.54. The molecule has 2 aliphatic carbocycles. The number of anilines is 1. The van der Waals surface area contributed by atoms with Crippen LogP contribution in [0.1, 0.15) is 52.3 Å². The van der Waals surface area contributed by atoms with Crippen molar-refractivity contribution in [2.45, 2.75) is 63.5 Å². The molecule has 4 rings (SSSR count). The Labute approximate surface area is 160 Å². The lowest BCUT2D eigenvalue weighted by Crippen LogP contribution is -2.44. The van der Waals surface area contributed by atoms with E-state index in [9.17, 15) is 4.79 Å². The Morgan fingerprint density at radius 1 is 1.26 bits per heavy atom. The van der Waals surface area contributed by atoms with Crippen molar-refractivity contribution in [3.05, 3.63) is 5.82 Å². The van der Waals surface area contributed by atoms with Gasteiger partial charge in [-0.3, -0.25) is 0 Å². The van der Waals surface area contributed by atoms with Crippen LogP contribution in [0.5, 0.6) is 0 Å². The fourth-order valence-corrected chi connectivity index (χ4v) is 3.54. The molecule has 0 unspecified atom stereocenters. The number of hydrogen-bond donors (Lipinski definition) is 0. The third-order valence-corrected chi connectivity index (χ3v) is 5.61. The standard InChI is InChI=1S/C19H31N5O3/c1-18(2,3)26-17(25)24(14-5-6-14)13-19(7-8-19)15-20-16(27-21-15)23-11-9-22(4)10-12-23/h14H,5-13H2,1-4H3. The molecule has 0 atom stereocenters. The molecular formula is C19H31N5O3. The minimum Gasteiger partial charge on any atom is -0.444 e. The molecular weight excluding hydrogens is 346 g/mol. The molecule has 8 nitrogen and oxygen atoms in total. The summed E-state index contributed by atoms with van der Waals surface area (Å²) in [6.07, 6.45) is 3.85. The molecule has 0 radical (unpaired) electrons. The summed E-state index contributed by atoms with van der Waals surface area (Å²) in [7, 11) is 2.12. The van der Waals surface area contributed by atoms with Crippen molar-refractivity contribution < 1.29 is 14.1 Å². The van der Waals surface area contributed by atoms with Crippen molar-refractivity contribution in [1.82, 2.24) is 19.9 Å². The van der Waals surface area contributed by atoms with Gasteiger partial charge in [-0.1, -0.05) is 5.16 Å². The number of aromatic nitrogens is 2. The third kappa shape index (κ3) is 4.20. The van der Waals surface area contributed by atoms with Gasteiger partial charge in [0.25, 0.3) is 0 Å². The van der Waals surface area contributed by atoms with Gasteiger partial charge < -0.3 is 24.0 Å². The lowest BCUT2D eigenvalue weighted by molar-refractivity contribution is 0.0212. The first kappa shape index (κ1) is 18.5. The highest BCUT2D eigenvalue weighted by atomic mass is 16.6. The van der Waals surface area contributed by atoms with E-state index in [-0.39, 0.29) is 11.5 Å². The molecule has 0 spiro atoms. The molecule has 0 N–H and O–H groups in total. The van der Waals surface area contributed by atoms with Crippen molar-refractivity contribution in [2.24, 2.45) is 0 Å². The number of rotatable bonds is 5. The Balaban J connectivity index is 1.45. The van der Waals surface area contributed by atoms with Crippen LogP contribution < -0.4 is 4.90 Å². The molecule has 2 saturated carbocycles. The smallest absolute Gasteiger partial charge is 0.410 e. The molecule has 1 aliphatic heterocycles. The van der Waals surface area contributed by atoms with Crippen LogP contribution in [-0.4, -0.2) is 77.4 Å². The average Bonchev–Trinajstić information content (AvgIpc) is 3.51. The first-order chi connectivity index (χ1) is 12.8. The second-order valence-electron chi connectivity index (χ2n) is 9.31. The first-order valence-corrected chi connectivity index (χ1v) is 10.0. The molecule has 8 heteroatoms. The number of amides is 1. The summed E-state index contributed by atoms with van der Waals surface area (Å²) in [5, 5.41) is 4.29. The number of nitrogens with zero attached hydrogens (tertiary/aromatic N) is 5. The normalized spacial score (nSPS) is 22.6. The predicted molar refractivity (Wildman–Crippen MR) is 101 cm³/mol. The van der Waals surface area contributed by atoms with Gasteiger partial charge >= 0.3 is 12.1 Å². The summed E-state index contributed by atoms with van der Waals surface area (Å²) in [5.41, 5.74) is -0.657. The Morgan fingerprint density at radius 2 is 1.93 bits per heavy atom. The van der Waals surface area contributed by atoms with Crippen LogP contribution in [0.3, 0.4) is 0 Å². The summed E-state index contributed by atoms with van der Waals surface area (Å²) in [4.78, 5) is 23.7. The van der Waals surface area contributed by atoms with Crippen LogP contribution in [0.2, 0.25) is 0 Å². The van der Waals surface area contributed by atoms with E-state index in [4.69, 9.17) is 14.2 Å². The van der Waals surface area contributed by atoms with Gasteiger partial charge in [0.2, 0.25) is 0 Å². The van der Waals surface area contributed by atoms with Gasteiger partial charge in [0.15, 0.2) is 5.82 Å². The molecule has 150 valence electrons. The van der Waals surface area contributed by atoms with Gasteiger partial charge in [-0.25, -0.2) is 4.79 Å². The Hall–Kier alpha value is -1.83. The molecule has 1 amide bonds. The van der Waals surface area contributed by atoms with E-state index in [2.05, 4.69) is 22.0 Å². The van der Waals surface area contributed by atoms with Crippen molar-refractivity contribution >= 4 is 12.1 Å². The van der Waals surface area contributed by atoms with Crippen LogP contribution in [0.4, 0.5) is 10.8 Å². The topological polar surface area (TPSA) is 74.9 Å². The zero-order chi connectivity index (χ0) is 19.2. The fraction of sp³-hybridized carbons (Fsp3) is 0.842. The lowest BCUT2D eigenvalue weighted by Gasteiger charge is -2.30. The van der Waals surface area contributed by atoms with Crippen LogP contribution >= 0.6 is 0 Å². The summed E-state index contributed by atoms with van der Waals surface area (Å²) in [5.74, 6) is 0.741. The zero-order valence-electron chi connectivity index (χ0n) is 16.9. The van der Waals surface area contributed by atoms with Gasteiger partial charge in [0.05, 0.1) is 5.41 Å². The van der Waals surface area contributed by atoms with E-state index in [1.54, 1.807) is 0 Å². The van der Waals surface area contributed by atoms with Crippen molar-refractivity contribution in [3.63, 3.8) is 0 Å². The summed E-state index contributed by atoms with van der Waals surface area (Å²) in [6, 6.07) is 0.904. The summed E-state index contributed by atoms with van der Waals surface area (Å²) < 4.78 is 11.2. The highest BCUT2D eigenvalue weighted by molar-refractivity contribution is 5.69.